The fourth-order valence-corrected chi connectivity index (χ4v) is 3.76. The van der Waals surface area contributed by atoms with Gasteiger partial charge in [0.1, 0.15) is 11.1 Å². The number of pyridine rings is 1. The van der Waals surface area contributed by atoms with Crippen molar-refractivity contribution in [1.29, 1.82) is 5.26 Å². The van der Waals surface area contributed by atoms with Crippen molar-refractivity contribution < 1.29 is 9.72 Å². The van der Waals surface area contributed by atoms with Crippen molar-refractivity contribution in [2.75, 3.05) is 11.1 Å². The molecule has 1 N–H and O–H groups in total. The van der Waals surface area contributed by atoms with Gasteiger partial charge in [0, 0.05) is 34.5 Å². The molecule has 0 spiro atoms. The van der Waals surface area contributed by atoms with Gasteiger partial charge in [-0.1, -0.05) is 62.9 Å². The van der Waals surface area contributed by atoms with E-state index in [-0.39, 0.29) is 22.8 Å². The van der Waals surface area contributed by atoms with Crippen LogP contribution in [0.25, 0.3) is 11.1 Å². The third-order valence-corrected chi connectivity index (χ3v) is 5.63. The summed E-state index contributed by atoms with van der Waals surface area (Å²) < 4.78 is 0. The van der Waals surface area contributed by atoms with Crippen LogP contribution in [0.1, 0.15) is 32.0 Å². The number of nitriles is 1. The number of nitro groups is 1. The molecule has 8 heteroatoms. The number of nitrogens with one attached hydrogen (secondary N) is 1. The summed E-state index contributed by atoms with van der Waals surface area (Å²) in [6, 6.07) is 19.4. The molecule has 0 aliphatic heterocycles. The molecule has 162 valence electrons. The Morgan fingerprint density at radius 3 is 2.38 bits per heavy atom. The summed E-state index contributed by atoms with van der Waals surface area (Å²) >= 11 is 1.19. The number of anilines is 1. The van der Waals surface area contributed by atoms with Gasteiger partial charge in [-0.05, 0) is 23.8 Å². The number of nitro benzene ring substituents is 1. The summed E-state index contributed by atoms with van der Waals surface area (Å²) in [6.07, 6.45) is 0. The van der Waals surface area contributed by atoms with E-state index in [1.807, 2.05) is 57.2 Å². The van der Waals surface area contributed by atoms with Crippen LogP contribution < -0.4 is 5.32 Å². The van der Waals surface area contributed by atoms with Gasteiger partial charge in [-0.3, -0.25) is 14.9 Å². The molecule has 3 aromatic rings. The van der Waals surface area contributed by atoms with E-state index in [1.54, 1.807) is 0 Å². The molecule has 3 rings (SSSR count). The molecular formula is C24H22N4O3S. The minimum atomic E-state index is -0.497. The Balaban J connectivity index is 1.85. The van der Waals surface area contributed by atoms with Crippen molar-refractivity contribution >= 4 is 29.0 Å². The van der Waals surface area contributed by atoms with Crippen molar-refractivity contribution in [3.63, 3.8) is 0 Å². The molecule has 0 unspecified atom stereocenters. The highest BCUT2D eigenvalue weighted by Crippen LogP contribution is 2.34. The first-order valence-corrected chi connectivity index (χ1v) is 10.9. The molecule has 7 nitrogen and oxygen atoms in total. The van der Waals surface area contributed by atoms with E-state index in [0.29, 0.717) is 16.3 Å². The average molecular weight is 447 g/mol. The minimum absolute atomic E-state index is 0.0422. The predicted molar refractivity (Wildman–Crippen MR) is 126 cm³/mol. The van der Waals surface area contributed by atoms with Gasteiger partial charge < -0.3 is 5.32 Å². The smallest absolute Gasteiger partial charge is 0.269 e. The van der Waals surface area contributed by atoms with Gasteiger partial charge in [-0.15, -0.1) is 0 Å². The van der Waals surface area contributed by atoms with Gasteiger partial charge in [0.2, 0.25) is 5.91 Å². The fourth-order valence-electron chi connectivity index (χ4n) is 2.96. The van der Waals surface area contributed by atoms with Crippen molar-refractivity contribution in [3.8, 4) is 17.2 Å². The second kappa shape index (κ2) is 9.62. The normalized spacial score (nSPS) is 10.9. The van der Waals surface area contributed by atoms with Crippen molar-refractivity contribution in [2.45, 2.75) is 31.2 Å². The second-order valence-electron chi connectivity index (χ2n) is 8.10. The van der Waals surface area contributed by atoms with Gasteiger partial charge in [-0.25, -0.2) is 4.98 Å². The maximum absolute atomic E-state index is 12.5. The van der Waals surface area contributed by atoms with Crippen LogP contribution in [0.3, 0.4) is 0 Å². The van der Waals surface area contributed by atoms with Crippen LogP contribution in [0.5, 0.6) is 0 Å². The van der Waals surface area contributed by atoms with E-state index in [9.17, 15) is 20.2 Å². The highest BCUT2D eigenvalue weighted by atomic mass is 32.2. The summed E-state index contributed by atoms with van der Waals surface area (Å²) in [5, 5.41) is 23.8. The molecule has 1 aromatic heterocycles. The quantitative estimate of drug-likeness (QED) is 0.302. The van der Waals surface area contributed by atoms with E-state index < -0.39 is 4.92 Å². The molecule has 32 heavy (non-hydrogen) atoms. The molecule has 0 atom stereocenters. The molecule has 1 heterocycles. The average Bonchev–Trinajstić information content (AvgIpc) is 2.77. The lowest BCUT2D eigenvalue weighted by molar-refractivity contribution is -0.384. The summed E-state index contributed by atoms with van der Waals surface area (Å²) in [4.78, 5) is 27.4. The highest BCUT2D eigenvalue weighted by molar-refractivity contribution is 8.00. The Bertz CT molecular complexity index is 1180. The number of hydrogen-bond acceptors (Lipinski definition) is 6. The third kappa shape index (κ3) is 5.50. The molecule has 0 aliphatic carbocycles. The molecule has 1 amide bonds. The Kier molecular flexibility index (Phi) is 6.91. The Morgan fingerprint density at radius 1 is 1.16 bits per heavy atom. The molecule has 2 aromatic carbocycles. The fraction of sp³-hybridized carbons (Fsp3) is 0.208. The van der Waals surface area contributed by atoms with Crippen LogP contribution in [-0.2, 0) is 10.2 Å². The van der Waals surface area contributed by atoms with Crippen molar-refractivity contribution in [3.05, 3.63) is 82.0 Å². The first-order chi connectivity index (χ1) is 15.2. The predicted octanol–water partition coefficient (Wildman–Crippen LogP) is 5.56. The maximum atomic E-state index is 12.5. The van der Waals surface area contributed by atoms with Gasteiger partial charge in [0.05, 0.1) is 16.2 Å². The minimum Gasteiger partial charge on any atom is -0.325 e. The number of benzene rings is 2. The van der Waals surface area contributed by atoms with Crippen LogP contribution in [0.2, 0.25) is 0 Å². The first-order valence-electron chi connectivity index (χ1n) is 9.87. The number of carbonyl (C=O) groups excluding carboxylic acids is 1. The lowest BCUT2D eigenvalue weighted by Crippen LogP contribution is -2.16. The topological polar surface area (TPSA) is 109 Å². The number of nitrogens with zero attached hydrogens (tertiary/aromatic N) is 3. The first kappa shape index (κ1) is 23.0. The van der Waals surface area contributed by atoms with E-state index in [1.165, 1.54) is 36.0 Å². The van der Waals surface area contributed by atoms with Crippen LogP contribution >= 0.6 is 11.8 Å². The number of amides is 1. The second-order valence-corrected chi connectivity index (χ2v) is 9.07. The van der Waals surface area contributed by atoms with Gasteiger partial charge in [0.25, 0.3) is 5.69 Å². The molecule has 0 aliphatic rings. The molecule has 0 fully saturated rings. The molecule has 0 bridgehead atoms. The number of carbonyl (C=O) groups is 1. The SMILES string of the molecule is CC(C)(C)c1cc(-c2ccccc2)c(C#N)c(SCC(=O)Nc2ccc([N+](=O)[O-])cc2)n1. The van der Waals surface area contributed by atoms with Gasteiger partial charge >= 0.3 is 0 Å². The summed E-state index contributed by atoms with van der Waals surface area (Å²) in [6.45, 7) is 6.14. The molecule has 0 radical (unpaired) electrons. The van der Waals surface area contributed by atoms with Crippen LogP contribution in [0.15, 0.2) is 65.7 Å². The maximum Gasteiger partial charge on any atom is 0.269 e. The number of thioether (sulfide) groups is 1. The Hall–Kier alpha value is -3.70. The monoisotopic (exact) mass is 446 g/mol. The van der Waals surface area contributed by atoms with Gasteiger partial charge in [-0.2, -0.15) is 5.26 Å². The lowest BCUT2D eigenvalue weighted by Gasteiger charge is -2.21. The number of non-ortho nitro benzene ring substituents is 1. The van der Waals surface area contributed by atoms with E-state index >= 15 is 0 Å². The molecule has 0 saturated heterocycles. The number of hydrogen-bond donors (Lipinski definition) is 1. The largest absolute Gasteiger partial charge is 0.325 e. The van der Waals surface area contributed by atoms with Gasteiger partial charge in [0.15, 0.2) is 0 Å². The zero-order valence-corrected chi connectivity index (χ0v) is 18.8. The zero-order chi connectivity index (χ0) is 23.3. The lowest BCUT2D eigenvalue weighted by atomic mass is 9.89. The molecule has 0 saturated carbocycles. The number of rotatable bonds is 6. The van der Waals surface area contributed by atoms with Crippen LogP contribution in [0.4, 0.5) is 11.4 Å². The Labute approximate surface area is 190 Å². The van der Waals surface area contributed by atoms with E-state index in [4.69, 9.17) is 4.98 Å². The highest BCUT2D eigenvalue weighted by Gasteiger charge is 2.22. The Morgan fingerprint density at radius 2 is 1.81 bits per heavy atom. The summed E-state index contributed by atoms with van der Waals surface area (Å²) in [7, 11) is 0. The summed E-state index contributed by atoms with van der Waals surface area (Å²) in [5.74, 6) is -0.252. The van der Waals surface area contributed by atoms with E-state index in [0.717, 1.165) is 16.8 Å². The standard InChI is InChI=1S/C24H22N4O3S/c1-24(2,3)21-13-19(16-7-5-4-6-8-16)20(14-25)23(27-21)32-15-22(29)26-17-9-11-18(12-10-17)28(30)31/h4-13H,15H2,1-3H3,(H,26,29). The van der Waals surface area contributed by atoms with Crippen molar-refractivity contribution in [2.24, 2.45) is 0 Å². The zero-order valence-electron chi connectivity index (χ0n) is 18.0. The van der Waals surface area contributed by atoms with E-state index in [2.05, 4.69) is 11.4 Å². The van der Waals surface area contributed by atoms with Crippen molar-refractivity contribution in [1.82, 2.24) is 4.98 Å². The third-order valence-electron chi connectivity index (χ3n) is 4.65. The number of aromatic nitrogens is 1. The summed E-state index contributed by atoms with van der Waals surface area (Å²) in [5.41, 5.74) is 3.12. The van der Waals surface area contributed by atoms with Crippen LogP contribution in [-0.4, -0.2) is 21.6 Å². The molecular weight excluding hydrogens is 424 g/mol. The van der Waals surface area contributed by atoms with Crippen LogP contribution in [0, 0.1) is 21.4 Å².